The first-order chi connectivity index (χ1) is 8.15. The van der Waals surface area contributed by atoms with Crippen LogP contribution in [-0.2, 0) is 4.74 Å². The van der Waals surface area contributed by atoms with Crippen molar-refractivity contribution in [3.8, 4) is 0 Å². The molecule has 0 saturated heterocycles. The first-order valence-corrected chi connectivity index (χ1v) is 6.63. The maximum Gasteiger partial charge on any atom is 0.0967 e. The predicted molar refractivity (Wildman–Crippen MR) is 73.6 cm³/mol. The molecule has 0 aliphatic rings. The number of hydrogen-bond acceptors (Lipinski definition) is 2. The molecule has 0 fully saturated rings. The van der Waals surface area contributed by atoms with Crippen LogP contribution < -0.4 is 5.32 Å². The second kappa shape index (κ2) is 7.70. The summed E-state index contributed by atoms with van der Waals surface area (Å²) < 4.78 is 5.92. The minimum Gasteiger partial charge on any atom is -0.369 e. The molecular formula is C14H22ClNO. The second-order valence-corrected chi connectivity index (χ2v) is 4.81. The molecule has 0 saturated carbocycles. The van der Waals surface area contributed by atoms with E-state index in [1.807, 2.05) is 38.1 Å². The fourth-order valence-corrected chi connectivity index (χ4v) is 1.96. The van der Waals surface area contributed by atoms with Crippen molar-refractivity contribution in [2.45, 2.75) is 39.4 Å². The van der Waals surface area contributed by atoms with Crippen molar-refractivity contribution in [2.24, 2.45) is 0 Å². The summed E-state index contributed by atoms with van der Waals surface area (Å²) in [5, 5.41) is 4.16. The molecule has 1 rings (SSSR count). The SMILES string of the molecule is CCCNCC(OC(C)C)c1ccccc1Cl. The number of hydrogen-bond donors (Lipinski definition) is 1. The lowest BCUT2D eigenvalue weighted by molar-refractivity contribution is 0.00730. The number of nitrogens with one attached hydrogen (secondary N) is 1. The van der Waals surface area contributed by atoms with Gasteiger partial charge in [-0.2, -0.15) is 0 Å². The smallest absolute Gasteiger partial charge is 0.0967 e. The van der Waals surface area contributed by atoms with Gasteiger partial charge in [-0.1, -0.05) is 36.7 Å². The minimum atomic E-state index is 0.0234. The molecule has 1 atom stereocenters. The summed E-state index contributed by atoms with van der Waals surface area (Å²) in [6.07, 6.45) is 1.34. The van der Waals surface area contributed by atoms with Crippen LogP contribution in [0.1, 0.15) is 38.9 Å². The summed E-state index contributed by atoms with van der Waals surface area (Å²) in [6, 6.07) is 7.88. The van der Waals surface area contributed by atoms with Gasteiger partial charge in [0, 0.05) is 17.1 Å². The van der Waals surface area contributed by atoms with Gasteiger partial charge in [-0.3, -0.25) is 0 Å². The standard InChI is InChI=1S/C14H22ClNO/c1-4-9-16-10-14(17-11(2)3)12-7-5-6-8-13(12)15/h5-8,11,14,16H,4,9-10H2,1-3H3. The third-order valence-electron chi connectivity index (χ3n) is 2.45. The molecule has 1 N–H and O–H groups in total. The van der Waals surface area contributed by atoms with Crippen molar-refractivity contribution in [1.29, 1.82) is 0 Å². The Morgan fingerprint density at radius 3 is 2.59 bits per heavy atom. The Morgan fingerprint density at radius 2 is 2.00 bits per heavy atom. The van der Waals surface area contributed by atoms with E-state index in [-0.39, 0.29) is 12.2 Å². The van der Waals surface area contributed by atoms with Crippen molar-refractivity contribution in [1.82, 2.24) is 5.32 Å². The van der Waals surface area contributed by atoms with Gasteiger partial charge in [0.05, 0.1) is 12.2 Å². The summed E-state index contributed by atoms with van der Waals surface area (Å²) in [5.74, 6) is 0. The highest BCUT2D eigenvalue weighted by Crippen LogP contribution is 2.26. The lowest BCUT2D eigenvalue weighted by Gasteiger charge is -2.22. The molecule has 1 unspecified atom stereocenters. The molecule has 2 nitrogen and oxygen atoms in total. The van der Waals surface area contributed by atoms with Gasteiger partial charge in [0.1, 0.15) is 0 Å². The van der Waals surface area contributed by atoms with Crippen LogP contribution in [0.2, 0.25) is 5.02 Å². The number of rotatable bonds is 7. The van der Waals surface area contributed by atoms with Crippen LogP contribution in [0, 0.1) is 0 Å². The quantitative estimate of drug-likeness (QED) is 0.749. The molecule has 17 heavy (non-hydrogen) atoms. The number of ether oxygens (including phenoxy) is 1. The van der Waals surface area contributed by atoms with E-state index >= 15 is 0 Å². The summed E-state index contributed by atoms with van der Waals surface area (Å²) in [5.41, 5.74) is 1.06. The van der Waals surface area contributed by atoms with E-state index < -0.39 is 0 Å². The Labute approximate surface area is 109 Å². The van der Waals surface area contributed by atoms with E-state index in [4.69, 9.17) is 16.3 Å². The van der Waals surface area contributed by atoms with Gasteiger partial charge in [-0.15, -0.1) is 0 Å². The van der Waals surface area contributed by atoms with Gasteiger partial charge in [0.15, 0.2) is 0 Å². The van der Waals surface area contributed by atoms with Crippen molar-refractivity contribution in [3.05, 3.63) is 34.9 Å². The zero-order chi connectivity index (χ0) is 12.7. The number of benzene rings is 1. The molecule has 0 aliphatic heterocycles. The van der Waals surface area contributed by atoms with Crippen LogP contribution in [-0.4, -0.2) is 19.2 Å². The third kappa shape index (κ3) is 5.07. The second-order valence-electron chi connectivity index (χ2n) is 4.40. The van der Waals surface area contributed by atoms with E-state index in [0.717, 1.165) is 30.1 Å². The van der Waals surface area contributed by atoms with Gasteiger partial charge < -0.3 is 10.1 Å². The highest BCUT2D eigenvalue weighted by molar-refractivity contribution is 6.31. The average Bonchev–Trinajstić information content (AvgIpc) is 2.28. The van der Waals surface area contributed by atoms with Gasteiger partial charge in [0.2, 0.25) is 0 Å². The van der Waals surface area contributed by atoms with E-state index in [0.29, 0.717) is 0 Å². The Balaban J connectivity index is 2.71. The van der Waals surface area contributed by atoms with E-state index in [2.05, 4.69) is 12.2 Å². The molecule has 0 spiro atoms. The highest BCUT2D eigenvalue weighted by Gasteiger charge is 2.15. The van der Waals surface area contributed by atoms with Gasteiger partial charge in [-0.25, -0.2) is 0 Å². The molecule has 0 aliphatic carbocycles. The van der Waals surface area contributed by atoms with Crippen LogP contribution in [0.3, 0.4) is 0 Å². The largest absolute Gasteiger partial charge is 0.369 e. The maximum absolute atomic E-state index is 6.21. The molecule has 1 aromatic carbocycles. The van der Waals surface area contributed by atoms with Gasteiger partial charge >= 0.3 is 0 Å². The average molecular weight is 256 g/mol. The zero-order valence-corrected chi connectivity index (χ0v) is 11.6. The lowest BCUT2D eigenvalue weighted by Crippen LogP contribution is -2.26. The first-order valence-electron chi connectivity index (χ1n) is 6.25. The third-order valence-corrected chi connectivity index (χ3v) is 2.79. The molecular weight excluding hydrogens is 234 g/mol. The topological polar surface area (TPSA) is 21.3 Å². The fraction of sp³-hybridized carbons (Fsp3) is 0.571. The summed E-state index contributed by atoms with van der Waals surface area (Å²) >= 11 is 6.21. The minimum absolute atomic E-state index is 0.0234. The molecule has 0 bridgehead atoms. The Hall–Kier alpha value is -0.570. The zero-order valence-electron chi connectivity index (χ0n) is 10.9. The Bertz CT molecular complexity index is 328. The monoisotopic (exact) mass is 255 g/mol. The first kappa shape index (κ1) is 14.5. The Kier molecular flexibility index (Phi) is 6.56. The summed E-state index contributed by atoms with van der Waals surface area (Å²) in [6.45, 7) is 8.05. The number of halogens is 1. The lowest BCUT2D eigenvalue weighted by atomic mass is 10.1. The van der Waals surface area contributed by atoms with Crippen LogP contribution >= 0.6 is 11.6 Å². The molecule has 96 valence electrons. The normalized spacial score (nSPS) is 13.0. The van der Waals surface area contributed by atoms with Crippen LogP contribution in [0.4, 0.5) is 0 Å². The molecule has 0 heterocycles. The van der Waals surface area contributed by atoms with Crippen molar-refractivity contribution < 1.29 is 4.74 Å². The molecule has 0 amide bonds. The summed E-state index contributed by atoms with van der Waals surface area (Å²) in [4.78, 5) is 0. The Morgan fingerprint density at radius 1 is 1.29 bits per heavy atom. The fourth-order valence-electron chi connectivity index (χ4n) is 1.71. The van der Waals surface area contributed by atoms with Crippen molar-refractivity contribution in [3.63, 3.8) is 0 Å². The highest BCUT2D eigenvalue weighted by atomic mass is 35.5. The van der Waals surface area contributed by atoms with Crippen LogP contribution in [0.5, 0.6) is 0 Å². The van der Waals surface area contributed by atoms with E-state index in [9.17, 15) is 0 Å². The van der Waals surface area contributed by atoms with Crippen molar-refractivity contribution >= 4 is 11.6 Å². The van der Waals surface area contributed by atoms with Crippen molar-refractivity contribution in [2.75, 3.05) is 13.1 Å². The molecule has 0 radical (unpaired) electrons. The molecule has 1 aromatic rings. The van der Waals surface area contributed by atoms with Crippen LogP contribution in [0.15, 0.2) is 24.3 Å². The van der Waals surface area contributed by atoms with E-state index in [1.165, 1.54) is 0 Å². The molecule has 0 aromatic heterocycles. The van der Waals surface area contributed by atoms with Gasteiger partial charge in [0.25, 0.3) is 0 Å². The molecule has 3 heteroatoms. The summed E-state index contributed by atoms with van der Waals surface area (Å²) in [7, 11) is 0. The van der Waals surface area contributed by atoms with E-state index in [1.54, 1.807) is 0 Å². The van der Waals surface area contributed by atoms with Crippen LogP contribution in [0.25, 0.3) is 0 Å². The predicted octanol–water partition coefficient (Wildman–Crippen LogP) is 3.81. The van der Waals surface area contributed by atoms with Gasteiger partial charge in [-0.05, 0) is 32.9 Å². The maximum atomic E-state index is 6.21.